The summed E-state index contributed by atoms with van der Waals surface area (Å²) < 4.78 is 27.7. The molecule has 0 bridgehead atoms. The Morgan fingerprint density at radius 2 is 1.47 bits per heavy atom. The molecular weight excluding hydrogens is 602 g/mol. The van der Waals surface area contributed by atoms with Crippen LogP contribution in [-0.2, 0) is 10.0 Å². The number of aliphatic hydroxyl groups is 1. The van der Waals surface area contributed by atoms with Crippen LogP contribution in [0, 0.1) is 13.8 Å². The van der Waals surface area contributed by atoms with E-state index in [0.717, 1.165) is 4.31 Å². The predicted octanol–water partition coefficient (Wildman–Crippen LogP) is 1.35. The summed E-state index contributed by atoms with van der Waals surface area (Å²) >= 11 is 0. The first-order valence-electron chi connectivity index (χ1n) is 13.5. The van der Waals surface area contributed by atoms with E-state index < -0.39 is 10.0 Å². The van der Waals surface area contributed by atoms with Crippen LogP contribution in [0.4, 0.5) is 0 Å². The van der Waals surface area contributed by atoms with Crippen LogP contribution in [0.5, 0.6) is 11.5 Å². The van der Waals surface area contributed by atoms with Crippen molar-refractivity contribution < 1.29 is 23.7 Å². The number of phenols is 2. The first-order valence-corrected chi connectivity index (χ1v) is 15.0. The van der Waals surface area contributed by atoms with Gasteiger partial charge in [0.25, 0.3) is 0 Å². The minimum Gasteiger partial charge on any atom is -0.507 e. The van der Waals surface area contributed by atoms with Gasteiger partial charge in [-0.05, 0) is 112 Å². The summed E-state index contributed by atoms with van der Waals surface area (Å²) in [5.74, 6) is 0.682. The topological polar surface area (TPSA) is 210 Å². The number of aryl methyl sites for hydroxylation is 2. The van der Waals surface area contributed by atoms with Crippen molar-refractivity contribution in [2.24, 2.45) is 10.2 Å². The molecule has 16 nitrogen and oxygen atoms in total. The Labute approximate surface area is 257 Å². The number of benzene rings is 2. The molecule has 3 N–H and O–H groups in total. The Bertz CT molecular complexity index is 1890. The summed E-state index contributed by atoms with van der Waals surface area (Å²) in [6.45, 7) is 2.94. The van der Waals surface area contributed by atoms with Crippen molar-refractivity contribution in [2.45, 2.75) is 20.3 Å². The molecule has 0 fully saturated rings. The highest BCUT2D eigenvalue weighted by molar-refractivity contribution is 7.93. The largest absolute Gasteiger partial charge is 0.507 e. The van der Waals surface area contributed by atoms with E-state index in [1.165, 1.54) is 53.3 Å². The maximum Gasteiger partial charge on any atom is 0.242 e. The zero-order chi connectivity index (χ0) is 32.1. The second-order valence-corrected chi connectivity index (χ2v) is 11.9. The van der Waals surface area contributed by atoms with E-state index in [1.54, 1.807) is 44.2 Å². The van der Waals surface area contributed by atoms with Gasteiger partial charge < -0.3 is 15.3 Å². The van der Waals surface area contributed by atoms with Crippen LogP contribution in [0.15, 0.2) is 75.3 Å². The molecule has 0 amide bonds. The van der Waals surface area contributed by atoms with E-state index in [9.17, 15) is 23.7 Å². The molecule has 2 aromatic carbocycles. The van der Waals surface area contributed by atoms with E-state index in [4.69, 9.17) is 0 Å². The summed E-state index contributed by atoms with van der Waals surface area (Å²) in [6.07, 6.45) is 7.94. The molecule has 0 radical (unpaired) electrons. The van der Waals surface area contributed by atoms with Crippen LogP contribution in [0.25, 0.3) is 5.57 Å². The zero-order valence-corrected chi connectivity index (χ0v) is 25.3. The third-order valence-corrected chi connectivity index (χ3v) is 8.65. The number of aromatic hydroxyl groups is 2. The van der Waals surface area contributed by atoms with Crippen LogP contribution >= 0.6 is 0 Å². The van der Waals surface area contributed by atoms with Gasteiger partial charge in [0.05, 0.1) is 23.9 Å². The van der Waals surface area contributed by atoms with Gasteiger partial charge in [-0.25, -0.2) is 8.42 Å². The lowest BCUT2D eigenvalue weighted by Crippen LogP contribution is -2.30. The van der Waals surface area contributed by atoms with Crippen molar-refractivity contribution in [2.75, 3.05) is 20.2 Å². The second-order valence-electron chi connectivity index (χ2n) is 9.88. The van der Waals surface area contributed by atoms with Gasteiger partial charge in [-0.15, -0.1) is 19.8 Å². The fourth-order valence-corrected chi connectivity index (χ4v) is 5.67. The highest BCUT2D eigenvalue weighted by Gasteiger charge is 2.26. The Morgan fingerprint density at radius 3 is 1.93 bits per heavy atom. The molecule has 17 heteroatoms. The minimum atomic E-state index is -3.96. The van der Waals surface area contributed by atoms with Crippen molar-refractivity contribution in [1.29, 1.82) is 0 Å². The molecule has 45 heavy (non-hydrogen) atoms. The normalized spacial score (nSPS) is 13.8. The Morgan fingerprint density at radius 1 is 0.933 bits per heavy atom. The molecule has 1 aliphatic carbocycles. The maximum absolute atomic E-state index is 13.3. The molecule has 232 valence electrons. The summed E-state index contributed by atoms with van der Waals surface area (Å²) in [4.78, 5) is 2.46. The molecule has 0 unspecified atom stereocenters. The number of likely N-dealkylation sites (N-methyl/N-ethyl adjacent to an activating group) is 1. The molecule has 5 rings (SSSR count). The summed E-state index contributed by atoms with van der Waals surface area (Å²) in [5.41, 5.74) is 2.59. The van der Waals surface area contributed by atoms with Gasteiger partial charge in [0, 0.05) is 24.7 Å². The first kappa shape index (κ1) is 31.0. The number of aliphatic hydroxyl groups excluding tert-OH is 1. The third kappa shape index (κ3) is 6.74. The van der Waals surface area contributed by atoms with Crippen LogP contribution in [0.1, 0.15) is 40.3 Å². The van der Waals surface area contributed by atoms with Crippen LogP contribution in [0.3, 0.4) is 0 Å². The number of aromatic nitrogens is 8. The fourth-order valence-electron chi connectivity index (χ4n) is 4.43. The Kier molecular flexibility index (Phi) is 9.03. The van der Waals surface area contributed by atoms with Crippen molar-refractivity contribution in [3.63, 3.8) is 0 Å². The first-order chi connectivity index (χ1) is 21.6. The lowest BCUT2D eigenvalue weighted by Gasteiger charge is -2.21. The van der Waals surface area contributed by atoms with Gasteiger partial charge in [-0.1, -0.05) is 6.08 Å². The fraction of sp³-hybridized carbons (Fsp3) is 0.214. The SMILES string of the molecule is Cc1nnnn1N=Cc1ccc(O)c(C(=C2C=C(S(=O)(=O)N(C)CCO)C=CC2)c2cc(C=Nn3nnnc3C)ccc2O)c1. The molecule has 0 saturated heterocycles. The number of allylic oxidation sites excluding steroid dienone is 4. The van der Waals surface area contributed by atoms with Gasteiger partial charge in [0.1, 0.15) is 11.5 Å². The van der Waals surface area contributed by atoms with Crippen molar-refractivity contribution in [1.82, 2.24) is 44.9 Å². The maximum atomic E-state index is 13.3. The summed E-state index contributed by atoms with van der Waals surface area (Å²) in [5, 5.41) is 62.5. The van der Waals surface area contributed by atoms with Gasteiger partial charge in [-0.2, -0.15) is 14.5 Å². The summed E-state index contributed by atoms with van der Waals surface area (Å²) in [7, 11) is -2.59. The van der Waals surface area contributed by atoms with Gasteiger partial charge >= 0.3 is 0 Å². The highest BCUT2D eigenvalue weighted by Crippen LogP contribution is 2.40. The quantitative estimate of drug-likeness (QED) is 0.213. The Hall–Kier alpha value is -5.39. The average Bonchev–Trinajstić information content (AvgIpc) is 3.64. The molecule has 0 saturated carbocycles. The van der Waals surface area contributed by atoms with Crippen molar-refractivity contribution in [3.05, 3.63) is 99.0 Å². The van der Waals surface area contributed by atoms with Crippen LogP contribution < -0.4 is 0 Å². The molecule has 2 heterocycles. The minimum absolute atomic E-state index is 0.0186. The van der Waals surface area contributed by atoms with E-state index in [1.807, 2.05) is 0 Å². The number of phenolic OH excluding ortho intramolecular Hbond substituents is 2. The van der Waals surface area contributed by atoms with Crippen LogP contribution in [-0.4, -0.2) is 101 Å². The zero-order valence-electron chi connectivity index (χ0n) is 24.5. The number of nitrogens with zero attached hydrogens (tertiary/aromatic N) is 11. The molecule has 1 aliphatic rings. The number of hydrogen-bond donors (Lipinski definition) is 3. The van der Waals surface area contributed by atoms with E-state index in [-0.39, 0.29) is 36.0 Å². The van der Waals surface area contributed by atoms with Gasteiger partial charge in [0.15, 0.2) is 11.6 Å². The van der Waals surface area contributed by atoms with E-state index >= 15 is 0 Å². The monoisotopic (exact) mass is 631 g/mol. The lowest BCUT2D eigenvalue weighted by atomic mass is 9.87. The van der Waals surface area contributed by atoms with Crippen LogP contribution in [0.2, 0.25) is 0 Å². The average molecular weight is 632 g/mol. The number of hydrogen-bond acceptors (Lipinski definition) is 13. The number of sulfonamides is 1. The third-order valence-electron chi connectivity index (χ3n) is 6.80. The van der Waals surface area contributed by atoms with E-state index in [2.05, 4.69) is 41.3 Å². The van der Waals surface area contributed by atoms with Crippen molar-refractivity contribution >= 4 is 28.0 Å². The van der Waals surface area contributed by atoms with Gasteiger partial charge in [-0.3, -0.25) is 0 Å². The number of tetrazole rings is 2. The Balaban J connectivity index is 1.70. The predicted molar refractivity (Wildman–Crippen MR) is 164 cm³/mol. The number of rotatable bonds is 10. The molecule has 2 aromatic heterocycles. The lowest BCUT2D eigenvalue weighted by molar-refractivity contribution is 0.267. The molecule has 0 aliphatic heterocycles. The smallest absolute Gasteiger partial charge is 0.242 e. The van der Waals surface area contributed by atoms with Crippen molar-refractivity contribution in [3.8, 4) is 11.5 Å². The molecule has 4 aromatic rings. The summed E-state index contributed by atoms with van der Waals surface area (Å²) in [6, 6.07) is 9.53. The highest BCUT2D eigenvalue weighted by atomic mass is 32.2. The van der Waals surface area contributed by atoms with Gasteiger partial charge in [0.2, 0.25) is 10.0 Å². The molecular formula is C28H29N11O5S. The molecule has 0 atom stereocenters. The molecule has 0 spiro atoms. The van der Waals surface area contributed by atoms with E-state index in [0.29, 0.717) is 45.0 Å². The standard InChI is InChI=1S/C28H29N11O5S/c1-18-31-33-35-38(18)29-16-20-7-9-26(41)24(13-20)28(22-5-4-6-23(15-22)45(43,44)37(3)11-12-40)25-14-21(8-10-27(25)42)17-30-39-19(2)32-34-36-39/h4,6-10,13-17,40-42H,5,11-12H2,1-3H3. The second kappa shape index (κ2) is 13.1.